The van der Waals surface area contributed by atoms with Crippen molar-refractivity contribution in [2.45, 2.75) is 32.6 Å². The minimum absolute atomic E-state index is 0.146. The lowest BCUT2D eigenvalue weighted by molar-refractivity contribution is -0.130. The number of benzene rings is 1. The number of rotatable bonds is 6. The summed E-state index contributed by atoms with van der Waals surface area (Å²) in [5, 5.41) is 3.15. The lowest BCUT2D eigenvalue weighted by atomic mass is 10.1. The van der Waals surface area contributed by atoms with Crippen LogP contribution in [0.3, 0.4) is 0 Å². The number of ether oxygens (including phenoxy) is 1. The second kappa shape index (κ2) is 7.76. The van der Waals surface area contributed by atoms with Crippen molar-refractivity contribution >= 4 is 17.3 Å². The fourth-order valence-electron chi connectivity index (χ4n) is 2.46. The first kappa shape index (κ1) is 15.5. The van der Waals surface area contributed by atoms with Crippen LogP contribution in [0.15, 0.2) is 18.2 Å². The Morgan fingerprint density at radius 2 is 2.05 bits per heavy atom. The van der Waals surface area contributed by atoms with Crippen molar-refractivity contribution in [1.29, 1.82) is 0 Å². The smallest absolute Gasteiger partial charge is 0.241 e. The summed E-state index contributed by atoms with van der Waals surface area (Å²) in [5.41, 5.74) is 7.33. The van der Waals surface area contributed by atoms with E-state index in [4.69, 9.17) is 10.5 Å². The van der Waals surface area contributed by atoms with E-state index in [1.54, 1.807) is 6.07 Å². The molecule has 2 rings (SSSR count). The van der Waals surface area contributed by atoms with Crippen molar-refractivity contribution in [1.82, 2.24) is 4.90 Å². The van der Waals surface area contributed by atoms with Gasteiger partial charge >= 0.3 is 0 Å². The van der Waals surface area contributed by atoms with Crippen LogP contribution in [-0.4, -0.2) is 37.0 Å². The number of nitrogen functional groups attached to an aromatic ring is 1. The van der Waals surface area contributed by atoms with E-state index < -0.39 is 0 Å². The second-order valence-corrected chi connectivity index (χ2v) is 5.43. The van der Waals surface area contributed by atoms with E-state index in [9.17, 15) is 4.79 Å². The summed E-state index contributed by atoms with van der Waals surface area (Å²) in [6, 6.07) is 5.51. The standard InChI is InChI=1S/C16H25N3O2/c1-2-8-21-15-10-13(17)9-14(11-15)18-12-16(20)19-6-4-3-5-7-19/h9-11,18H,2-8,12,17H2,1H3. The molecule has 1 aromatic rings. The molecule has 116 valence electrons. The maximum absolute atomic E-state index is 12.1. The molecule has 21 heavy (non-hydrogen) atoms. The van der Waals surface area contributed by atoms with Gasteiger partial charge in [-0.3, -0.25) is 4.79 Å². The van der Waals surface area contributed by atoms with Gasteiger partial charge in [-0.25, -0.2) is 0 Å². The first-order valence-corrected chi connectivity index (χ1v) is 7.74. The van der Waals surface area contributed by atoms with Crippen LogP contribution in [0.5, 0.6) is 5.75 Å². The Morgan fingerprint density at radius 1 is 1.29 bits per heavy atom. The van der Waals surface area contributed by atoms with Crippen LogP contribution in [0.4, 0.5) is 11.4 Å². The third-order valence-corrected chi connectivity index (χ3v) is 3.55. The molecular weight excluding hydrogens is 266 g/mol. The van der Waals surface area contributed by atoms with Crippen LogP contribution in [0, 0.1) is 0 Å². The Balaban J connectivity index is 1.89. The van der Waals surface area contributed by atoms with Gasteiger partial charge in [0.2, 0.25) is 5.91 Å². The van der Waals surface area contributed by atoms with Crippen molar-refractivity contribution in [2.75, 3.05) is 37.3 Å². The first-order valence-electron chi connectivity index (χ1n) is 7.74. The molecule has 1 amide bonds. The maximum Gasteiger partial charge on any atom is 0.241 e. The molecule has 0 unspecified atom stereocenters. The minimum Gasteiger partial charge on any atom is -0.493 e. The van der Waals surface area contributed by atoms with Gasteiger partial charge < -0.3 is 20.7 Å². The SMILES string of the molecule is CCCOc1cc(N)cc(NCC(=O)N2CCCCC2)c1. The highest BCUT2D eigenvalue weighted by atomic mass is 16.5. The number of likely N-dealkylation sites (tertiary alicyclic amines) is 1. The number of anilines is 2. The van der Waals surface area contributed by atoms with Crippen LogP contribution < -0.4 is 15.8 Å². The van der Waals surface area contributed by atoms with E-state index in [1.165, 1.54) is 6.42 Å². The lowest BCUT2D eigenvalue weighted by Crippen LogP contribution is -2.39. The molecule has 1 heterocycles. The predicted octanol–water partition coefficient (Wildman–Crippen LogP) is 2.48. The molecule has 0 atom stereocenters. The zero-order valence-corrected chi connectivity index (χ0v) is 12.7. The predicted molar refractivity (Wildman–Crippen MR) is 85.6 cm³/mol. The summed E-state index contributed by atoms with van der Waals surface area (Å²) in [6.07, 6.45) is 4.40. The van der Waals surface area contributed by atoms with Crippen molar-refractivity contribution in [3.05, 3.63) is 18.2 Å². The highest BCUT2D eigenvalue weighted by Crippen LogP contribution is 2.22. The first-order chi connectivity index (χ1) is 10.2. The molecule has 0 aliphatic carbocycles. The Bertz CT molecular complexity index is 471. The molecule has 0 radical (unpaired) electrons. The van der Waals surface area contributed by atoms with E-state index in [1.807, 2.05) is 17.0 Å². The molecule has 0 aromatic heterocycles. The minimum atomic E-state index is 0.146. The summed E-state index contributed by atoms with van der Waals surface area (Å²) >= 11 is 0. The van der Waals surface area contributed by atoms with E-state index in [0.29, 0.717) is 18.8 Å². The fraction of sp³-hybridized carbons (Fsp3) is 0.562. The van der Waals surface area contributed by atoms with Gasteiger partial charge in [0.05, 0.1) is 13.2 Å². The molecule has 0 bridgehead atoms. The third kappa shape index (κ3) is 4.85. The number of carbonyl (C=O) groups is 1. The van der Waals surface area contributed by atoms with Gasteiger partial charge in [-0.2, -0.15) is 0 Å². The maximum atomic E-state index is 12.1. The fourth-order valence-corrected chi connectivity index (χ4v) is 2.46. The highest BCUT2D eigenvalue weighted by Gasteiger charge is 2.15. The molecule has 3 N–H and O–H groups in total. The number of carbonyl (C=O) groups excluding carboxylic acids is 1. The van der Waals surface area contributed by atoms with Gasteiger partial charge in [0.25, 0.3) is 0 Å². The number of hydrogen-bond donors (Lipinski definition) is 2. The summed E-state index contributed by atoms with van der Waals surface area (Å²) in [4.78, 5) is 14.0. The van der Waals surface area contributed by atoms with E-state index in [0.717, 1.165) is 43.8 Å². The van der Waals surface area contributed by atoms with Crippen molar-refractivity contribution < 1.29 is 9.53 Å². The van der Waals surface area contributed by atoms with Crippen LogP contribution in [-0.2, 0) is 4.79 Å². The Kier molecular flexibility index (Phi) is 5.72. The molecule has 1 saturated heterocycles. The van der Waals surface area contributed by atoms with Gasteiger partial charge in [-0.1, -0.05) is 6.92 Å². The number of piperidine rings is 1. The largest absolute Gasteiger partial charge is 0.493 e. The molecule has 1 aliphatic rings. The molecule has 5 nitrogen and oxygen atoms in total. The Morgan fingerprint density at radius 3 is 2.76 bits per heavy atom. The molecule has 1 aromatic carbocycles. The molecule has 1 aliphatic heterocycles. The zero-order chi connectivity index (χ0) is 15.1. The van der Waals surface area contributed by atoms with Crippen LogP contribution in [0.25, 0.3) is 0 Å². The summed E-state index contributed by atoms with van der Waals surface area (Å²) in [6.45, 7) is 4.78. The number of nitrogens with zero attached hydrogens (tertiary/aromatic N) is 1. The number of hydrogen-bond acceptors (Lipinski definition) is 4. The monoisotopic (exact) mass is 291 g/mol. The van der Waals surface area contributed by atoms with Crippen molar-refractivity contribution in [3.8, 4) is 5.75 Å². The zero-order valence-electron chi connectivity index (χ0n) is 12.7. The van der Waals surface area contributed by atoms with Crippen LogP contribution >= 0.6 is 0 Å². The van der Waals surface area contributed by atoms with Crippen molar-refractivity contribution in [2.24, 2.45) is 0 Å². The highest BCUT2D eigenvalue weighted by molar-refractivity contribution is 5.81. The number of nitrogens with two attached hydrogens (primary N) is 1. The van der Waals surface area contributed by atoms with E-state index in [2.05, 4.69) is 12.2 Å². The molecule has 0 spiro atoms. The molecule has 1 fully saturated rings. The third-order valence-electron chi connectivity index (χ3n) is 3.55. The van der Waals surface area contributed by atoms with E-state index in [-0.39, 0.29) is 5.91 Å². The summed E-state index contributed by atoms with van der Waals surface area (Å²) < 4.78 is 5.58. The lowest BCUT2D eigenvalue weighted by Gasteiger charge is -2.27. The molecular formula is C16H25N3O2. The molecule has 5 heteroatoms. The summed E-state index contributed by atoms with van der Waals surface area (Å²) in [5.74, 6) is 0.887. The Hall–Kier alpha value is -1.91. The van der Waals surface area contributed by atoms with Gasteiger partial charge in [0.1, 0.15) is 5.75 Å². The van der Waals surface area contributed by atoms with Crippen LogP contribution in [0.1, 0.15) is 32.6 Å². The van der Waals surface area contributed by atoms with Crippen molar-refractivity contribution in [3.63, 3.8) is 0 Å². The van der Waals surface area contributed by atoms with E-state index >= 15 is 0 Å². The number of amides is 1. The molecule has 0 saturated carbocycles. The summed E-state index contributed by atoms with van der Waals surface area (Å²) in [7, 11) is 0. The number of nitrogens with one attached hydrogen (secondary N) is 1. The average molecular weight is 291 g/mol. The quantitative estimate of drug-likeness (QED) is 0.790. The van der Waals surface area contributed by atoms with Gasteiger partial charge in [0.15, 0.2) is 0 Å². The van der Waals surface area contributed by atoms with Crippen LogP contribution in [0.2, 0.25) is 0 Å². The van der Waals surface area contributed by atoms with Gasteiger partial charge in [-0.05, 0) is 31.7 Å². The second-order valence-electron chi connectivity index (χ2n) is 5.43. The van der Waals surface area contributed by atoms with Gasteiger partial charge in [0, 0.05) is 36.6 Å². The topological polar surface area (TPSA) is 67.6 Å². The Labute approximate surface area is 126 Å². The average Bonchev–Trinajstić information content (AvgIpc) is 2.51. The normalized spacial score (nSPS) is 14.8. The van der Waals surface area contributed by atoms with Gasteiger partial charge in [-0.15, -0.1) is 0 Å².